The van der Waals surface area contributed by atoms with E-state index in [1.807, 2.05) is 26.8 Å². The predicted molar refractivity (Wildman–Crippen MR) is 57.1 cm³/mol. The molecule has 0 bridgehead atoms. The van der Waals surface area contributed by atoms with Crippen molar-refractivity contribution in [2.24, 2.45) is 0 Å². The second-order valence-electron chi connectivity index (χ2n) is 3.39. The highest BCUT2D eigenvalue weighted by Gasteiger charge is 2.13. The second-order valence-corrected chi connectivity index (χ2v) is 3.74. The van der Waals surface area contributed by atoms with E-state index in [0.29, 0.717) is 11.3 Å². The molecule has 0 saturated carbocycles. The molecule has 76 valence electrons. The molecule has 0 spiro atoms. The predicted octanol–water partition coefficient (Wildman–Crippen LogP) is 3.16. The maximum Gasteiger partial charge on any atom is 0.256 e. The maximum atomic E-state index is 11.1. The molecule has 1 aromatic carbocycles. The van der Waals surface area contributed by atoms with Gasteiger partial charge in [-0.1, -0.05) is 12.1 Å². The Balaban J connectivity index is 3.15. The number of carbonyl (C=O) groups excluding carboxylic acids is 1. The number of hydrogen-bond donors (Lipinski definition) is 0. The van der Waals surface area contributed by atoms with Crippen LogP contribution < -0.4 is 4.74 Å². The Morgan fingerprint density at radius 3 is 2.57 bits per heavy atom. The van der Waals surface area contributed by atoms with Crippen LogP contribution in [0.4, 0.5) is 0 Å². The van der Waals surface area contributed by atoms with Crippen molar-refractivity contribution in [2.75, 3.05) is 0 Å². The quantitative estimate of drug-likeness (QED) is 0.720. The normalized spacial score (nSPS) is 10.4. The summed E-state index contributed by atoms with van der Waals surface area (Å²) in [5.41, 5.74) is 1.35. The van der Waals surface area contributed by atoms with Crippen LogP contribution >= 0.6 is 11.6 Å². The molecule has 3 heteroatoms. The van der Waals surface area contributed by atoms with Crippen LogP contribution in [0.3, 0.4) is 0 Å². The smallest absolute Gasteiger partial charge is 0.256 e. The van der Waals surface area contributed by atoms with Crippen molar-refractivity contribution in [1.29, 1.82) is 0 Å². The molecule has 0 aromatic heterocycles. The van der Waals surface area contributed by atoms with E-state index < -0.39 is 5.24 Å². The van der Waals surface area contributed by atoms with Crippen LogP contribution in [-0.2, 0) is 0 Å². The zero-order valence-electron chi connectivity index (χ0n) is 8.50. The third kappa shape index (κ3) is 2.48. The van der Waals surface area contributed by atoms with E-state index in [0.717, 1.165) is 5.56 Å². The lowest BCUT2D eigenvalue weighted by molar-refractivity contribution is 0.107. The van der Waals surface area contributed by atoms with E-state index in [-0.39, 0.29) is 6.10 Å². The molecule has 0 fully saturated rings. The fourth-order valence-electron chi connectivity index (χ4n) is 1.20. The lowest BCUT2D eigenvalue weighted by Crippen LogP contribution is -2.09. The Hall–Kier alpha value is -1.02. The summed E-state index contributed by atoms with van der Waals surface area (Å²) in [4.78, 5) is 11.1. The average Bonchev–Trinajstić information content (AvgIpc) is 2.07. The largest absolute Gasteiger partial charge is 0.490 e. The number of para-hydroxylation sites is 1. The van der Waals surface area contributed by atoms with Crippen molar-refractivity contribution in [3.63, 3.8) is 0 Å². The van der Waals surface area contributed by atoms with Gasteiger partial charge in [-0.05, 0) is 44.0 Å². The minimum atomic E-state index is -0.482. The van der Waals surface area contributed by atoms with Crippen LogP contribution in [0.5, 0.6) is 5.75 Å². The van der Waals surface area contributed by atoms with Crippen LogP contribution in [0.2, 0.25) is 0 Å². The van der Waals surface area contributed by atoms with Gasteiger partial charge in [-0.3, -0.25) is 4.79 Å². The first kappa shape index (κ1) is 11.1. The minimum absolute atomic E-state index is 0.0332. The Morgan fingerprint density at radius 2 is 2.07 bits per heavy atom. The summed E-state index contributed by atoms with van der Waals surface area (Å²) in [6.07, 6.45) is 0.0332. The molecule has 0 heterocycles. The summed E-state index contributed by atoms with van der Waals surface area (Å²) in [6.45, 7) is 5.71. The van der Waals surface area contributed by atoms with E-state index in [1.165, 1.54) is 0 Å². The zero-order valence-corrected chi connectivity index (χ0v) is 9.26. The molecule has 0 aliphatic rings. The van der Waals surface area contributed by atoms with Crippen molar-refractivity contribution >= 4 is 16.8 Å². The molecule has 1 rings (SSSR count). The van der Waals surface area contributed by atoms with Gasteiger partial charge in [0.25, 0.3) is 5.24 Å². The molecule has 0 atom stereocenters. The van der Waals surface area contributed by atoms with Crippen LogP contribution in [0, 0.1) is 6.92 Å². The summed E-state index contributed by atoms with van der Waals surface area (Å²) in [5, 5.41) is -0.482. The molecule has 14 heavy (non-hydrogen) atoms. The Labute approximate surface area is 88.8 Å². The van der Waals surface area contributed by atoms with Gasteiger partial charge in [-0.25, -0.2) is 0 Å². The molecular weight excluding hydrogens is 200 g/mol. The van der Waals surface area contributed by atoms with Crippen LogP contribution in [0.15, 0.2) is 18.2 Å². The van der Waals surface area contributed by atoms with E-state index in [9.17, 15) is 4.79 Å². The maximum absolute atomic E-state index is 11.1. The number of benzene rings is 1. The van der Waals surface area contributed by atoms with Crippen molar-refractivity contribution < 1.29 is 9.53 Å². The number of hydrogen-bond acceptors (Lipinski definition) is 2. The van der Waals surface area contributed by atoms with E-state index in [4.69, 9.17) is 16.3 Å². The topological polar surface area (TPSA) is 26.3 Å². The highest BCUT2D eigenvalue weighted by molar-refractivity contribution is 6.68. The fraction of sp³-hybridized carbons (Fsp3) is 0.364. The van der Waals surface area contributed by atoms with Gasteiger partial charge >= 0.3 is 0 Å². The second kappa shape index (κ2) is 4.47. The van der Waals surface area contributed by atoms with Crippen molar-refractivity contribution in [1.82, 2.24) is 0 Å². The van der Waals surface area contributed by atoms with Gasteiger partial charge < -0.3 is 4.74 Å². The van der Waals surface area contributed by atoms with Gasteiger partial charge in [-0.15, -0.1) is 0 Å². The van der Waals surface area contributed by atoms with Gasteiger partial charge in [0, 0.05) is 0 Å². The molecule has 0 amide bonds. The van der Waals surface area contributed by atoms with Crippen molar-refractivity contribution in [2.45, 2.75) is 26.9 Å². The number of halogens is 1. The summed E-state index contributed by atoms with van der Waals surface area (Å²) in [6, 6.07) is 5.35. The number of ether oxygens (including phenoxy) is 1. The van der Waals surface area contributed by atoms with Crippen LogP contribution in [0.25, 0.3) is 0 Å². The highest BCUT2D eigenvalue weighted by atomic mass is 35.5. The van der Waals surface area contributed by atoms with Crippen molar-refractivity contribution in [3.05, 3.63) is 29.3 Å². The monoisotopic (exact) mass is 212 g/mol. The lowest BCUT2D eigenvalue weighted by Gasteiger charge is -2.14. The van der Waals surface area contributed by atoms with Gasteiger partial charge in [0.15, 0.2) is 0 Å². The van der Waals surface area contributed by atoms with E-state index in [1.54, 1.807) is 12.1 Å². The molecule has 0 unspecified atom stereocenters. The van der Waals surface area contributed by atoms with Crippen LogP contribution in [-0.4, -0.2) is 11.3 Å². The average molecular weight is 213 g/mol. The summed E-state index contributed by atoms with van der Waals surface area (Å²) in [7, 11) is 0. The molecule has 0 saturated heterocycles. The first-order valence-corrected chi connectivity index (χ1v) is 4.86. The van der Waals surface area contributed by atoms with E-state index >= 15 is 0 Å². The van der Waals surface area contributed by atoms with Gasteiger partial charge in [0.05, 0.1) is 11.7 Å². The molecule has 2 nitrogen and oxygen atoms in total. The highest BCUT2D eigenvalue weighted by Crippen LogP contribution is 2.25. The molecule has 0 aliphatic heterocycles. The summed E-state index contributed by atoms with van der Waals surface area (Å²) in [5.74, 6) is 0.586. The SMILES string of the molecule is Cc1cccc(C(=O)Cl)c1OC(C)C. The zero-order chi connectivity index (χ0) is 10.7. The van der Waals surface area contributed by atoms with Gasteiger partial charge in [-0.2, -0.15) is 0 Å². The lowest BCUT2D eigenvalue weighted by atomic mass is 10.1. The first-order chi connectivity index (χ1) is 6.52. The number of rotatable bonds is 3. The summed E-state index contributed by atoms with van der Waals surface area (Å²) >= 11 is 5.44. The fourth-order valence-corrected chi connectivity index (χ4v) is 1.35. The molecule has 1 aromatic rings. The number of carbonyl (C=O) groups is 1. The third-order valence-corrected chi connectivity index (χ3v) is 1.98. The molecule has 0 aliphatic carbocycles. The number of aryl methyl sites for hydroxylation is 1. The third-order valence-electron chi connectivity index (χ3n) is 1.78. The van der Waals surface area contributed by atoms with Gasteiger partial charge in [0.1, 0.15) is 5.75 Å². The standard InChI is InChI=1S/C11H13ClO2/c1-7(2)14-10-8(3)5-4-6-9(10)11(12)13/h4-7H,1-3H3. The minimum Gasteiger partial charge on any atom is -0.490 e. The summed E-state index contributed by atoms with van der Waals surface area (Å²) < 4.78 is 5.53. The van der Waals surface area contributed by atoms with Crippen molar-refractivity contribution in [3.8, 4) is 5.75 Å². The Morgan fingerprint density at radius 1 is 1.43 bits per heavy atom. The first-order valence-electron chi connectivity index (χ1n) is 4.48. The molecule has 0 radical (unpaired) electrons. The van der Waals surface area contributed by atoms with E-state index in [2.05, 4.69) is 0 Å². The van der Waals surface area contributed by atoms with Gasteiger partial charge in [0.2, 0.25) is 0 Å². The molecule has 0 N–H and O–H groups in total. The Bertz CT molecular complexity index is 345. The molecular formula is C11H13ClO2. The van der Waals surface area contributed by atoms with Crippen LogP contribution in [0.1, 0.15) is 29.8 Å². The Kier molecular flexibility index (Phi) is 3.53.